The summed E-state index contributed by atoms with van der Waals surface area (Å²) in [6, 6.07) is 4.05. The van der Waals surface area contributed by atoms with E-state index in [0.29, 0.717) is 5.92 Å². The maximum absolute atomic E-state index is 4.86. The fourth-order valence-corrected chi connectivity index (χ4v) is 3.16. The molecule has 1 fully saturated rings. The van der Waals surface area contributed by atoms with Crippen LogP contribution in [0.5, 0.6) is 0 Å². The first kappa shape index (κ1) is 14.5. The van der Waals surface area contributed by atoms with Gasteiger partial charge in [0.1, 0.15) is 11.3 Å². The van der Waals surface area contributed by atoms with Crippen LogP contribution in [-0.2, 0) is 13.0 Å². The van der Waals surface area contributed by atoms with E-state index in [9.17, 15) is 0 Å². The molecule has 0 aromatic carbocycles. The van der Waals surface area contributed by atoms with E-state index in [1.165, 1.54) is 18.7 Å². The van der Waals surface area contributed by atoms with Crippen LogP contribution in [0.1, 0.15) is 39.4 Å². The standard InChI is InChI=1S/C17H26N4/c1-17(2,3)12-21-15(10-13-6-4-8-18-11-13)20-14-7-5-9-19-16(14)21/h5,7,9,13,18H,4,6,8,10-12H2,1-3H3. The van der Waals surface area contributed by atoms with E-state index in [0.717, 1.165) is 37.2 Å². The van der Waals surface area contributed by atoms with Gasteiger partial charge >= 0.3 is 0 Å². The summed E-state index contributed by atoms with van der Waals surface area (Å²) in [5, 5.41) is 3.50. The van der Waals surface area contributed by atoms with Crippen molar-refractivity contribution in [2.45, 2.75) is 46.6 Å². The second kappa shape index (κ2) is 5.76. The van der Waals surface area contributed by atoms with Gasteiger partial charge in [-0.1, -0.05) is 20.8 Å². The summed E-state index contributed by atoms with van der Waals surface area (Å²) in [6.07, 6.45) is 5.51. The highest BCUT2D eigenvalue weighted by Crippen LogP contribution is 2.24. The van der Waals surface area contributed by atoms with E-state index in [2.05, 4.69) is 41.7 Å². The molecular weight excluding hydrogens is 260 g/mol. The van der Waals surface area contributed by atoms with E-state index in [1.54, 1.807) is 0 Å². The van der Waals surface area contributed by atoms with E-state index in [4.69, 9.17) is 4.98 Å². The van der Waals surface area contributed by atoms with Crippen molar-refractivity contribution < 1.29 is 0 Å². The third-order valence-electron chi connectivity index (χ3n) is 4.09. The highest BCUT2D eigenvalue weighted by Gasteiger charge is 2.21. The van der Waals surface area contributed by atoms with Gasteiger partial charge in [-0.25, -0.2) is 9.97 Å². The maximum Gasteiger partial charge on any atom is 0.160 e. The van der Waals surface area contributed by atoms with Crippen molar-refractivity contribution in [2.75, 3.05) is 13.1 Å². The van der Waals surface area contributed by atoms with Crippen molar-refractivity contribution in [3.63, 3.8) is 0 Å². The minimum atomic E-state index is 0.227. The van der Waals surface area contributed by atoms with E-state index in [-0.39, 0.29) is 5.41 Å². The van der Waals surface area contributed by atoms with Crippen LogP contribution >= 0.6 is 0 Å². The number of aromatic nitrogens is 3. The van der Waals surface area contributed by atoms with Crippen LogP contribution in [0.2, 0.25) is 0 Å². The summed E-state index contributed by atoms with van der Waals surface area (Å²) in [6.45, 7) is 10.1. The first-order chi connectivity index (χ1) is 10.0. The largest absolute Gasteiger partial charge is 0.316 e. The summed E-state index contributed by atoms with van der Waals surface area (Å²) in [7, 11) is 0. The third-order valence-corrected chi connectivity index (χ3v) is 4.09. The van der Waals surface area contributed by atoms with Gasteiger partial charge < -0.3 is 9.88 Å². The number of pyridine rings is 1. The maximum atomic E-state index is 4.86. The number of fused-ring (bicyclic) bond motifs is 1. The van der Waals surface area contributed by atoms with Crippen molar-refractivity contribution in [1.29, 1.82) is 0 Å². The number of nitrogens with zero attached hydrogens (tertiary/aromatic N) is 3. The minimum Gasteiger partial charge on any atom is -0.316 e. The third kappa shape index (κ3) is 3.43. The molecule has 0 aliphatic carbocycles. The predicted molar refractivity (Wildman–Crippen MR) is 86.3 cm³/mol. The monoisotopic (exact) mass is 286 g/mol. The molecule has 1 atom stereocenters. The lowest BCUT2D eigenvalue weighted by atomic mass is 9.94. The van der Waals surface area contributed by atoms with Crippen molar-refractivity contribution in [3.05, 3.63) is 24.2 Å². The second-order valence-corrected chi connectivity index (χ2v) is 7.44. The first-order valence-corrected chi connectivity index (χ1v) is 8.04. The van der Waals surface area contributed by atoms with Crippen molar-refractivity contribution in [3.8, 4) is 0 Å². The molecule has 2 aromatic rings. The van der Waals surface area contributed by atoms with Crippen molar-refractivity contribution in [2.24, 2.45) is 11.3 Å². The smallest absolute Gasteiger partial charge is 0.160 e. The zero-order chi connectivity index (χ0) is 14.9. The summed E-state index contributed by atoms with van der Waals surface area (Å²) in [4.78, 5) is 9.43. The van der Waals surface area contributed by atoms with E-state index >= 15 is 0 Å². The van der Waals surface area contributed by atoms with Gasteiger partial charge in [-0.15, -0.1) is 0 Å². The molecule has 2 aromatic heterocycles. The Kier molecular flexibility index (Phi) is 3.98. The Morgan fingerprint density at radius 1 is 1.38 bits per heavy atom. The second-order valence-electron chi connectivity index (χ2n) is 7.44. The van der Waals surface area contributed by atoms with Crippen LogP contribution < -0.4 is 5.32 Å². The molecule has 0 bridgehead atoms. The molecule has 0 spiro atoms. The fourth-order valence-electron chi connectivity index (χ4n) is 3.16. The molecule has 3 heterocycles. The number of imidazole rings is 1. The van der Waals surface area contributed by atoms with Gasteiger partial charge in [0.25, 0.3) is 0 Å². The number of nitrogens with one attached hydrogen (secondary N) is 1. The van der Waals surface area contributed by atoms with Crippen molar-refractivity contribution >= 4 is 11.2 Å². The molecule has 4 nitrogen and oxygen atoms in total. The molecule has 0 radical (unpaired) electrons. The Morgan fingerprint density at radius 2 is 2.24 bits per heavy atom. The van der Waals surface area contributed by atoms with Crippen LogP contribution in [-0.4, -0.2) is 27.6 Å². The Bertz CT molecular complexity index is 603. The number of piperidine rings is 1. The van der Waals surface area contributed by atoms with Gasteiger partial charge in [0.05, 0.1) is 0 Å². The highest BCUT2D eigenvalue weighted by molar-refractivity contribution is 5.71. The number of rotatable bonds is 3. The fraction of sp³-hybridized carbons (Fsp3) is 0.647. The van der Waals surface area contributed by atoms with Gasteiger partial charge in [-0.05, 0) is 49.4 Å². The van der Waals surface area contributed by atoms with Gasteiger partial charge in [-0.3, -0.25) is 0 Å². The molecule has 1 aliphatic rings. The van der Waals surface area contributed by atoms with Crippen LogP contribution in [0.3, 0.4) is 0 Å². The van der Waals surface area contributed by atoms with Crippen LogP contribution in [0.4, 0.5) is 0 Å². The molecule has 4 heteroatoms. The molecule has 0 amide bonds. The van der Waals surface area contributed by atoms with Gasteiger partial charge in [0, 0.05) is 19.2 Å². The first-order valence-electron chi connectivity index (χ1n) is 8.04. The molecular formula is C17H26N4. The molecule has 0 saturated carbocycles. The zero-order valence-corrected chi connectivity index (χ0v) is 13.4. The number of hydrogen-bond donors (Lipinski definition) is 1. The molecule has 1 aliphatic heterocycles. The zero-order valence-electron chi connectivity index (χ0n) is 13.4. The quantitative estimate of drug-likeness (QED) is 0.943. The molecule has 3 rings (SSSR count). The lowest BCUT2D eigenvalue weighted by Crippen LogP contribution is -2.31. The summed E-state index contributed by atoms with van der Waals surface area (Å²) < 4.78 is 2.34. The summed E-state index contributed by atoms with van der Waals surface area (Å²) in [5.41, 5.74) is 2.29. The predicted octanol–water partition coefficient (Wildman–Crippen LogP) is 3.02. The normalized spacial score (nSPS) is 20.0. The summed E-state index contributed by atoms with van der Waals surface area (Å²) in [5.74, 6) is 1.90. The molecule has 1 unspecified atom stereocenters. The minimum absolute atomic E-state index is 0.227. The summed E-state index contributed by atoms with van der Waals surface area (Å²) >= 11 is 0. The average molecular weight is 286 g/mol. The van der Waals surface area contributed by atoms with Crippen LogP contribution in [0.15, 0.2) is 18.3 Å². The molecule has 114 valence electrons. The molecule has 21 heavy (non-hydrogen) atoms. The molecule has 1 saturated heterocycles. The Hall–Kier alpha value is -1.42. The van der Waals surface area contributed by atoms with Gasteiger partial charge in [0.15, 0.2) is 5.65 Å². The highest BCUT2D eigenvalue weighted by atomic mass is 15.1. The van der Waals surface area contributed by atoms with Crippen molar-refractivity contribution in [1.82, 2.24) is 19.9 Å². The Balaban J connectivity index is 1.93. The van der Waals surface area contributed by atoms with Crippen LogP contribution in [0.25, 0.3) is 11.2 Å². The van der Waals surface area contributed by atoms with Crippen LogP contribution in [0, 0.1) is 11.3 Å². The lowest BCUT2D eigenvalue weighted by molar-refractivity contribution is 0.327. The van der Waals surface area contributed by atoms with Gasteiger partial charge in [-0.2, -0.15) is 0 Å². The average Bonchev–Trinajstić information content (AvgIpc) is 2.76. The topological polar surface area (TPSA) is 42.7 Å². The number of hydrogen-bond acceptors (Lipinski definition) is 3. The molecule has 1 N–H and O–H groups in total. The Labute approximate surface area is 127 Å². The van der Waals surface area contributed by atoms with E-state index < -0.39 is 0 Å². The van der Waals surface area contributed by atoms with Gasteiger partial charge in [0.2, 0.25) is 0 Å². The van der Waals surface area contributed by atoms with E-state index in [1.807, 2.05) is 12.3 Å². The lowest BCUT2D eigenvalue weighted by Gasteiger charge is -2.25. The Morgan fingerprint density at radius 3 is 2.95 bits per heavy atom. The SMILES string of the molecule is CC(C)(C)Cn1c(CC2CCCNC2)nc2cccnc21.